The Morgan fingerprint density at radius 2 is 1.85 bits per heavy atom. The highest BCUT2D eigenvalue weighted by Crippen LogP contribution is 2.32. The topological polar surface area (TPSA) is 59.4 Å². The van der Waals surface area contributed by atoms with Crippen molar-refractivity contribution >= 4 is 17.5 Å². The van der Waals surface area contributed by atoms with Crippen LogP contribution in [0.5, 0.6) is 11.5 Å². The fourth-order valence-electron chi connectivity index (χ4n) is 2.49. The van der Waals surface area contributed by atoms with Gasteiger partial charge in [-0.3, -0.25) is 9.78 Å². The summed E-state index contributed by atoms with van der Waals surface area (Å²) in [5, 5.41) is 10.4. The summed E-state index contributed by atoms with van der Waals surface area (Å²) >= 11 is 1.81. The van der Waals surface area contributed by atoms with Crippen LogP contribution in [0.2, 0.25) is 0 Å². The Labute approximate surface area is 166 Å². The van der Waals surface area contributed by atoms with Crippen molar-refractivity contribution in [1.82, 2.24) is 4.98 Å². The van der Waals surface area contributed by atoms with Gasteiger partial charge in [-0.1, -0.05) is 26.8 Å². The number of Topliss-reactive ketones (excluding diaryl/α,β-unsaturated/α-hetero) is 1. The van der Waals surface area contributed by atoms with Crippen LogP contribution < -0.4 is 4.74 Å². The van der Waals surface area contributed by atoms with E-state index in [4.69, 9.17) is 4.74 Å². The third-order valence-corrected chi connectivity index (χ3v) is 5.47. The highest BCUT2D eigenvalue weighted by Gasteiger charge is 2.23. The Morgan fingerprint density at radius 3 is 2.52 bits per heavy atom. The number of aromatic nitrogens is 1. The summed E-state index contributed by atoms with van der Waals surface area (Å²) < 4.78 is 5.83. The van der Waals surface area contributed by atoms with Crippen molar-refractivity contribution in [2.75, 3.05) is 12.4 Å². The number of thioether (sulfide) groups is 1. The fourth-order valence-corrected chi connectivity index (χ4v) is 3.38. The maximum absolute atomic E-state index is 12.2. The largest absolute Gasteiger partial charge is 0.507 e. The molecule has 0 bridgehead atoms. The summed E-state index contributed by atoms with van der Waals surface area (Å²) in [7, 11) is 0. The number of benzene rings is 1. The fraction of sp³-hybridized carbons (Fsp3) is 0.455. The van der Waals surface area contributed by atoms with Gasteiger partial charge in [-0.15, -0.1) is 11.8 Å². The molecule has 0 fully saturated rings. The number of aromatic hydroxyl groups is 1. The van der Waals surface area contributed by atoms with E-state index in [0.717, 1.165) is 18.6 Å². The number of hydrogen-bond acceptors (Lipinski definition) is 5. The molecule has 1 heterocycles. The Hall–Kier alpha value is -2.01. The number of ketones is 1. The van der Waals surface area contributed by atoms with Crippen LogP contribution in [0.1, 0.15) is 44.7 Å². The van der Waals surface area contributed by atoms with E-state index in [1.54, 1.807) is 18.5 Å². The predicted octanol–water partition coefficient (Wildman–Crippen LogP) is 5.20. The molecule has 1 N–H and O–H groups in total. The number of unbranched alkanes of at least 4 members (excludes halogenated alkanes) is 1. The summed E-state index contributed by atoms with van der Waals surface area (Å²) in [5.41, 5.74) is 0.943. The van der Waals surface area contributed by atoms with Crippen LogP contribution in [0, 0.1) is 12.3 Å². The number of phenols is 1. The molecule has 0 amide bonds. The molecule has 2 rings (SSSR count). The van der Waals surface area contributed by atoms with E-state index in [9.17, 15) is 9.90 Å². The number of pyridine rings is 1. The second kappa shape index (κ2) is 9.79. The maximum atomic E-state index is 12.2. The van der Waals surface area contributed by atoms with Crippen LogP contribution in [-0.2, 0) is 11.2 Å². The van der Waals surface area contributed by atoms with Crippen molar-refractivity contribution in [3.8, 4) is 11.5 Å². The standard InChI is InChI=1S/C22H29NO3S/c1-16-19(8-7-17(21(16)25)15-20(24)22(2,3)4)26-13-5-6-14-27-18-9-11-23-12-10-18/h7-12,25H,5-6,13-15H2,1-4H3. The second-order valence-corrected chi connectivity index (χ2v) is 8.80. The van der Waals surface area contributed by atoms with E-state index in [0.29, 0.717) is 23.5 Å². The molecule has 5 heteroatoms. The molecule has 0 aliphatic carbocycles. The molecule has 27 heavy (non-hydrogen) atoms. The molecule has 0 atom stereocenters. The van der Waals surface area contributed by atoms with Crippen molar-refractivity contribution in [3.05, 3.63) is 47.8 Å². The first-order valence-electron chi connectivity index (χ1n) is 9.29. The zero-order valence-corrected chi connectivity index (χ0v) is 17.4. The highest BCUT2D eigenvalue weighted by atomic mass is 32.2. The lowest BCUT2D eigenvalue weighted by molar-refractivity contribution is -0.125. The summed E-state index contributed by atoms with van der Waals surface area (Å²) in [6, 6.07) is 7.67. The normalized spacial score (nSPS) is 11.4. The Morgan fingerprint density at radius 1 is 1.15 bits per heavy atom. The molecule has 0 radical (unpaired) electrons. The lowest BCUT2D eigenvalue weighted by Crippen LogP contribution is -2.22. The van der Waals surface area contributed by atoms with Gasteiger partial charge in [0.1, 0.15) is 17.3 Å². The van der Waals surface area contributed by atoms with Crippen molar-refractivity contribution in [2.24, 2.45) is 5.41 Å². The smallest absolute Gasteiger partial charge is 0.142 e. The van der Waals surface area contributed by atoms with Gasteiger partial charge < -0.3 is 9.84 Å². The van der Waals surface area contributed by atoms with Gasteiger partial charge in [-0.2, -0.15) is 0 Å². The molecule has 0 aliphatic rings. The number of carbonyl (C=O) groups is 1. The molecule has 0 spiro atoms. The second-order valence-electron chi connectivity index (χ2n) is 7.63. The van der Waals surface area contributed by atoms with E-state index in [1.165, 1.54) is 4.90 Å². The zero-order chi connectivity index (χ0) is 19.9. The van der Waals surface area contributed by atoms with Crippen molar-refractivity contribution in [3.63, 3.8) is 0 Å². The van der Waals surface area contributed by atoms with Crippen molar-refractivity contribution in [2.45, 2.75) is 51.9 Å². The number of ether oxygens (including phenoxy) is 1. The highest BCUT2D eigenvalue weighted by molar-refractivity contribution is 7.99. The van der Waals surface area contributed by atoms with E-state index in [2.05, 4.69) is 4.98 Å². The van der Waals surface area contributed by atoms with Gasteiger partial charge in [0.2, 0.25) is 0 Å². The number of nitrogens with zero attached hydrogens (tertiary/aromatic N) is 1. The van der Waals surface area contributed by atoms with Gasteiger partial charge in [0.25, 0.3) is 0 Å². The number of rotatable bonds is 9. The first kappa shape index (κ1) is 21.3. The third-order valence-electron chi connectivity index (χ3n) is 4.37. The van der Waals surface area contributed by atoms with Crippen LogP contribution in [0.4, 0.5) is 0 Å². The molecule has 0 saturated carbocycles. The summed E-state index contributed by atoms with van der Waals surface area (Å²) in [4.78, 5) is 17.5. The quantitative estimate of drug-likeness (QED) is 0.473. The molecule has 0 aliphatic heterocycles. The predicted molar refractivity (Wildman–Crippen MR) is 111 cm³/mol. The molecule has 0 saturated heterocycles. The van der Waals surface area contributed by atoms with Crippen LogP contribution in [0.15, 0.2) is 41.6 Å². The van der Waals surface area contributed by atoms with Crippen LogP contribution in [0.25, 0.3) is 0 Å². The zero-order valence-electron chi connectivity index (χ0n) is 16.6. The van der Waals surface area contributed by atoms with E-state index >= 15 is 0 Å². The molecule has 1 aromatic carbocycles. The third kappa shape index (κ3) is 6.58. The monoisotopic (exact) mass is 387 g/mol. The first-order valence-corrected chi connectivity index (χ1v) is 10.3. The summed E-state index contributed by atoms with van der Waals surface area (Å²) in [6.07, 6.45) is 5.85. The minimum Gasteiger partial charge on any atom is -0.507 e. The Balaban J connectivity index is 1.80. The SMILES string of the molecule is Cc1c(OCCCCSc2ccncc2)ccc(CC(=O)C(C)(C)C)c1O. The van der Waals surface area contributed by atoms with Crippen LogP contribution in [0.3, 0.4) is 0 Å². The lowest BCUT2D eigenvalue weighted by Gasteiger charge is -2.18. The maximum Gasteiger partial charge on any atom is 0.142 e. The summed E-state index contributed by atoms with van der Waals surface area (Å²) in [5.74, 6) is 1.99. The van der Waals surface area contributed by atoms with Crippen LogP contribution in [-0.4, -0.2) is 28.2 Å². The van der Waals surface area contributed by atoms with Crippen molar-refractivity contribution in [1.29, 1.82) is 0 Å². The first-order chi connectivity index (χ1) is 12.8. The van der Waals surface area contributed by atoms with Gasteiger partial charge in [0, 0.05) is 40.3 Å². The van der Waals surface area contributed by atoms with Gasteiger partial charge in [0.15, 0.2) is 0 Å². The van der Waals surface area contributed by atoms with E-state index < -0.39 is 5.41 Å². The average Bonchev–Trinajstić information content (AvgIpc) is 2.63. The van der Waals surface area contributed by atoms with Gasteiger partial charge in [-0.25, -0.2) is 0 Å². The number of phenolic OH excluding ortho intramolecular Hbond substituents is 1. The number of hydrogen-bond donors (Lipinski definition) is 1. The molecular formula is C22H29NO3S. The molecular weight excluding hydrogens is 358 g/mol. The van der Waals surface area contributed by atoms with Gasteiger partial charge >= 0.3 is 0 Å². The molecule has 0 unspecified atom stereocenters. The Bertz CT molecular complexity index is 754. The van der Waals surface area contributed by atoms with Gasteiger partial charge in [-0.05, 0) is 43.7 Å². The minimum absolute atomic E-state index is 0.109. The van der Waals surface area contributed by atoms with E-state index in [1.807, 2.05) is 57.7 Å². The Kier molecular flexibility index (Phi) is 7.72. The minimum atomic E-state index is -0.413. The van der Waals surface area contributed by atoms with E-state index in [-0.39, 0.29) is 18.0 Å². The average molecular weight is 388 g/mol. The number of carbonyl (C=O) groups excluding carboxylic acids is 1. The van der Waals surface area contributed by atoms with Gasteiger partial charge in [0.05, 0.1) is 6.61 Å². The lowest BCUT2D eigenvalue weighted by atomic mass is 9.86. The molecule has 146 valence electrons. The van der Waals surface area contributed by atoms with Crippen molar-refractivity contribution < 1.29 is 14.6 Å². The van der Waals surface area contributed by atoms with Crippen LogP contribution >= 0.6 is 11.8 Å². The summed E-state index contributed by atoms with van der Waals surface area (Å²) in [6.45, 7) is 8.11. The molecule has 1 aromatic heterocycles. The molecule has 2 aromatic rings. The molecule has 4 nitrogen and oxygen atoms in total.